The van der Waals surface area contributed by atoms with Crippen LogP contribution in [0.3, 0.4) is 0 Å². The van der Waals surface area contributed by atoms with Gasteiger partial charge in [0.1, 0.15) is 4.64 Å². The Bertz CT molecular complexity index is 1140. The van der Waals surface area contributed by atoms with Gasteiger partial charge in [0, 0.05) is 18.3 Å². The van der Waals surface area contributed by atoms with Gasteiger partial charge in [-0.05, 0) is 30.5 Å². The summed E-state index contributed by atoms with van der Waals surface area (Å²) in [5, 5.41) is 20.2. The Balaban J connectivity index is 1.62. The van der Waals surface area contributed by atoms with E-state index in [-0.39, 0.29) is 5.69 Å². The number of H-pyrrole nitrogens is 1. The lowest BCUT2D eigenvalue weighted by Crippen LogP contribution is -2.40. The first-order chi connectivity index (χ1) is 14.0. The smallest absolute Gasteiger partial charge is 0.269 e. The van der Waals surface area contributed by atoms with Crippen molar-refractivity contribution in [1.29, 1.82) is 0 Å². The highest BCUT2D eigenvalue weighted by molar-refractivity contribution is 7.71. The number of aromatic amines is 1. The van der Waals surface area contributed by atoms with Crippen molar-refractivity contribution >= 4 is 23.7 Å². The van der Waals surface area contributed by atoms with Crippen molar-refractivity contribution in [2.45, 2.75) is 20.4 Å². The SMILES string of the molecule is Cc1cccc(C)c1-n1[nH]cc(C2=NNNN2Cc2ccc([N+](=O)[O-])cc2)c1=S. The van der Waals surface area contributed by atoms with Crippen molar-refractivity contribution in [2.24, 2.45) is 5.10 Å². The van der Waals surface area contributed by atoms with Crippen LogP contribution in [0.2, 0.25) is 0 Å². The number of para-hydroxylation sites is 1. The third-order valence-corrected chi connectivity index (χ3v) is 5.17. The lowest BCUT2D eigenvalue weighted by atomic mass is 10.1. The molecule has 0 saturated carbocycles. The zero-order valence-corrected chi connectivity index (χ0v) is 16.7. The lowest BCUT2D eigenvalue weighted by Gasteiger charge is -2.18. The summed E-state index contributed by atoms with van der Waals surface area (Å²) < 4.78 is 2.49. The highest BCUT2D eigenvalue weighted by Crippen LogP contribution is 2.21. The van der Waals surface area contributed by atoms with Gasteiger partial charge in [0.15, 0.2) is 5.84 Å². The Labute approximate surface area is 171 Å². The first-order valence-electron chi connectivity index (χ1n) is 8.92. The van der Waals surface area contributed by atoms with E-state index in [4.69, 9.17) is 12.2 Å². The normalized spacial score (nSPS) is 13.3. The van der Waals surface area contributed by atoms with Gasteiger partial charge in [-0.25, -0.2) is 10.2 Å². The molecule has 0 atom stereocenters. The Hall–Kier alpha value is -3.50. The van der Waals surface area contributed by atoms with Gasteiger partial charge in [-0.1, -0.05) is 42.5 Å². The molecule has 0 unspecified atom stereocenters. The van der Waals surface area contributed by atoms with Crippen molar-refractivity contribution in [3.8, 4) is 5.69 Å². The summed E-state index contributed by atoms with van der Waals surface area (Å²) in [6.45, 7) is 4.54. The molecule has 0 spiro atoms. The molecule has 1 aliphatic heterocycles. The fraction of sp³-hybridized carbons (Fsp3) is 0.158. The quantitative estimate of drug-likeness (QED) is 0.340. The number of nitro groups is 1. The van der Waals surface area contributed by atoms with Gasteiger partial charge >= 0.3 is 0 Å². The number of hydrazone groups is 1. The number of benzene rings is 2. The minimum Gasteiger partial charge on any atom is -0.299 e. The Morgan fingerprint density at radius 2 is 1.83 bits per heavy atom. The fourth-order valence-electron chi connectivity index (χ4n) is 3.33. The Morgan fingerprint density at radius 1 is 1.14 bits per heavy atom. The highest BCUT2D eigenvalue weighted by Gasteiger charge is 2.23. The van der Waals surface area contributed by atoms with E-state index in [9.17, 15) is 10.1 Å². The van der Waals surface area contributed by atoms with Crippen molar-refractivity contribution in [2.75, 3.05) is 0 Å². The molecule has 0 amide bonds. The molecular weight excluding hydrogens is 390 g/mol. The third kappa shape index (κ3) is 3.50. The summed E-state index contributed by atoms with van der Waals surface area (Å²) in [6.07, 6.45) is 1.82. The monoisotopic (exact) mass is 409 g/mol. The predicted molar refractivity (Wildman–Crippen MR) is 112 cm³/mol. The molecule has 9 nitrogen and oxygen atoms in total. The Kier molecular flexibility index (Phi) is 4.87. The molecule has 148 valence electrons. The molecule has 0 radical (unpaired) electrons. The second-order valence-electron chi connectivity index (χ2n) is 6.74. The van der Waals surface area contributed by atoms with Crippen LogP contribution in [0.15, 0.2) is 53.8 Å². The molecule has 4 rings (SSSR count). The molecule has 2 heterocycles. The van der Waals surface area contributed by atoms with Crippen molar-refractivity contribution < 1.29 is 4.92 Å². The van der Waals surface area contributed by atoms with Gasteiger partial charge in [0.05, 0.1) is 22.7 Å². The van der Waals surface area contributed by atoms with E-state index in [1.807, 2.05) is 42.9 Å². The summed E-state index contributed by atoms with van der Waals surface area (Å²) >= 11 is 5.72. The maximum atomic E-state index is 10.8. The molecule has 3 N–H and O–H groups in total. The molecule has 2 aromatic carbocycles. The van der Waals surface area contributed by atoms with Gasteiger partial charge in [-0.2, -0.15) is 0 Å². The number of hydrogen-bond acceptors (Lipinski definition) is 7. The van der Waals surface area contributed by atoms with Gasteiger partial charge in [0.25, 0.3) is 5.69 Å². The summed E-state index contributed by atoms with van der Waals surface area (Å²) in [5.41, 5.74) is 10.7. The average molecular weight is 409 g/mol. The molecule has 3 aromatic rings. The summed E-state index contributed by atoms with van der Waals surface area (Å²) in [5.74, 6) is 0.634. The first kappa shape index (κ1) is 18.8. The fourth-order valence-corrected chi connectivity index (χ4v) is 3.63. The number of non-ortho nitro benzene ring substituents is 1. The van der Waals surface area contributed by atoms with E-state index in [0.29, 0.717) is 17.0 Å². The number of aryl methyl sites for hydroxylation is 2. The molecule has 29 heavy (non-hydrogen) atoms. The lowest BCUT2D eigenvalue weighted by molar-refractivity contribution is -0.384. The van der Waals surface area contributed by atoms with Crippen LogP contribution < -0.4 is 11.1 Å². The number of nitrogens with zero attached hydrogens (tertiary/aromatic N) is 4. The first-order valence-corrected chi connectivity index (χ1v) is 9.33. The van der Waals surface area contributed by atoms with Crippen LogP contribution in [0.4, 0.5) is 5.69 Å². The maximum Gasteiger partial charge on any atom is 0.269 e. The predicted octanol–water partition coefficient (Wildman–Crippen LogP) is 3.25. The van der Waals surface area contributed by atoms with Crippen LogP contribution in [-0.2, 0) is 6.54 Å². The van der Waals surface area contributed by atoms with Gasteiger partial charge < -0.3 is 0 Å². The molecule has 0 aliphatic carbocycles. The zero-order chi connectivity index (χ0) is 20.5. The standard InChI is InChI=1S/C19H19N7O2S/c1-12-4-3-5-13(2)17(12)25-19(29)16(10-20-25)18-21-22-23-24(18)11-14-6-8-15(9-7-14)26(27)28/h3-10,20,22-23H,11H2,1-2H3. The molecule has 1 aromatic heterocycles. The average Bonchev–Trinajstić information content (AvgIpc) is 3.29. The van der Waals surface area contributed by atoms with Crippen LogP contribution in [0.1, 0.15) is 22.3 Å². The van der Waals surface area contributed by atoms with Crippen LogP contribution in [-0.4, -0.2) is 25.5 Å². The van der Waals surface area contributed by atoms with E-state index < -0.39 is 4.92 Å². The molecule has 0 fully saturated rings. The van der Waals surface area contributed by atoms with E-state index in [1.54, 1.807) is 17.1 Å². The summed E-state index contributed by atoms with van der Waals surface area (Å²) in [6, 6.07) is 12.5. The minimum absolute atomic E-state index is 0.0586. The topological polar surface area (TPSA) is 104 Å². The van der Waals surface area contributed by atoms with Gasteiger partial charge in [0.2, 0.25) is 0 Å². The second-order valence-corrected chi connectivity index (χ2v) is 7.12. The Morgan fingerprint density at radius 3 is 2.48 bits per heavy atom. The van der Waals surface area contributed by atoms with Crippen LogP contribution >= 0.6 is 12.2 Å². The number of hydrogen-bond donors (Lipinski definition) is 3. The van der Waals surface area contributed by atoms with Crippen LogP contribution in [0.25, 0.3) is 5.69 Å². The molecule has 1 aliphatic rings. The van der Waals surface area contributed by atoms with Crippen molar-refractivity contribution in [1.82, 2.24) is 25.9 Å². The molecule has 0 saturated heterocycles. The van der Waals surface area contributed by atoms with E-state index >= 15 is 0 Å². The van der Waals surface area contributed by atoms with Crippen LogP contribution in [0.5, 0.6) is 0 Å². The van der Waals surface area contributed by atoms with Crippen molar-refractivity contribution in [3.05, 3.63) is 85.7 Å². The molecular formula is C19H19N7O2S. The largest absolute Gasteiger partial charge is 0.299 e. The molecule has 0 bridgehead atoms. The summed E-state index contributed by atoms with van der Waals surface area (Å²) in [7, 11) is 0. The number of nitro benzene ring substituents is 1. The van der Waals surface area contributed by atoms with Gasteiger partial charge in [-0.15, -0.1) is 10.6 Å². The summed E-state index contributed by atoms with van der Waals surface area (Å²) in [4.78, 5) is 10.4. The second kappa shape index (κ2) is 7.49. The van der Waals surface area contributed by atoms with E-state index in [2.05, 4.69) is 21.3 Å². The number of nitrogens with one attached hydrogen (secondary N) is 3. The van der Waals surface area contributed by atoms with E-state index in [1.165, 1.54) is 12.1 Å². The molecule has 10 heteroatoms. The minimum atomic E-state index is -0.415. The van der Waals surface area contributed by atoms with E-state index in [0.717, 1.165) is 27.9 Å². The number of aromatic nitrogens is 2. The maximum absolute atomic E-state index is 10.8. The van der Waals surface area contributed by atoms with Crippen LogP contribution in [0, 0.1) is 28.6 Å². The highest BCUT2D eigenvalue weighted by atomic mass is 32.1. The zero-order valence-electron chi connectivity index (χ0n) is 15.8. The number of hydrazine groups is 2. The number of amidine groups is 1. The third-order valence-electron chi connectivity index (χ3n) is 4.77. The van der Waals surface area contributed by atoms with Gasteiger partial charge in [-0.3, -0.25) is 20.2 Å². The number of rotatable bonds is 5. The van der Waals surface area contributed by atoms with Crippen molar-refractivity contribution in [3.63, 3.8) is 0 Å².